The summed E-state index contributed by atoms with van der Waals surface area (Å²) in [5.74, 6) is 0.653. The molecule has 0 atom stereocenters. The van der Waals surface area contributed by atoms with Crippen molar-refractivity contribution in [1.29, 1.82) is 0 Å². The summed E-state index contributed by atoms with van der Waals surface area (Å²) in [6.45, 7) is 0. The van der Waals surface area contributed by atoms with E-state index < -0.39 is 0 Å². The third-order valence-electron chi connectivity index (χ3n) is 2.16. The Hall–Kier alpha value is -0.700. The van der Waals surface area contributed by atoms with Gasteiger partial charge in [-0.1, -0.05) is 6.42 Å². The van der Waals surface area contributed by atoms with E-state index in [2.05, 4.69) is 4.98 Å². The van der Waals surface area contributed by atoms with E-state index in [0.29, 0.717) is 10.9 Å². The van der Waals surface area contributed by atoms with Crippen LogP contribution in [0, 0.1) is 0 Å². The Morgan fingerprint density at radius 2 is 2.45 bits per heavy atom. The number of hydrogen-bond donors (Lipinski definition) is 0. The molecule has 1 saturated carbocycles. The zero-order chi connectivity index (χ0) is 7.68. The molecule has 2 nitrogen and oxygen atoms in total. The first-order chi connectivity index (χ1) is 5.40. The molecule has 2 rings (SSSR count). The van der Waals surface area contributed by atoms with Crippen LogP contribution < -0.4 is 0 Å². The molecule has 1 heterocycles. The van der Waals surface area contributed by atoms with Gasteiger partial charge in [0, 0.05) is 11.3 Å². The molecule has 0 aromatic carbocycles. The number of nitrogens with zero attached hydrogens (tertiary/aromatic N) is 1. The van der Waals surface area contributed by atoms with E-state index in [4.69, 9.17) is 0 Å². The van der Waals surface area contributed by atoms with Crippen molar-refractivity contribution in [3.05, 3.63) is 16.1 Å². The first-order valence-corrected chi connectivity index (χ1v) is 4.68. The fraction of sp³-hybridized carbons (Fsp3) is 0.500. The minimum absolute atomic E-state index is 0.618. The second kappa shape index (κ2) is 2.74. The third-order valence-corrected chi connectivity index (χ3v) is 2.95. The first-order valence-electron chi connectivity index (χ1n) is 3.81. The highest BCUT2D eigenvalue weighted by Crippen LogP contribution is 2.36. The average molecular weight is 167 g/mol. The van der Waals surface area contributed by atoms with Crippen LogP contribution in [0.5, 0.6) is 0 Å². The van der Waals surface area contributed by atoms with Crippen LogP contribution in [0.1, 0.15) is 40.7 Å². The topological polar surface area (TPSA) is 30.0 Å². The third kappa shape index (κ3) is 1.20. The van der Waals surface area contributed by atoms with E-state index in [0.717, 1.165) is 12.0 Å². The van der Waals surface area contributed by atoms with Crippen LogP contribution in [0.2, 0.25) is 0 Å². The van der Waals surface area contributed by atoms with Gasteiger partial charge in [-0.25, -0.2) is 4.98 Å². The van der Waals surface area contributed by atoms with Crippen molar-refractivity contribution in [2.75, 3.05) is 0 Å². The van der Waals surface area contributed by atoms with E-state index >= 15 is 0 Å². The van der Waals surface area contributed by atoms with Gasteiger partial charge in [-0.15, -0.1) is 11.3 Å². The van der Waals surface area contributed by atoms with E-state index in [9.17, 15) is 4.79 Å². The summed E-state index contributed by atoms with van der Waals surface area (Å²) in [5, 5.41) is 2.62. The summed E-state index contributed by atoms with van der Waals surface area (Å²) in [7, 11) is 0. The van der Waals surface area contributed by atoms with Crippen molar-refractivity contribution < 1.29 is 4.79 Å². The van der Waals surface area contributed by atoms with Crippen LogP contribution in [0.3, 0.4) is 0 Å². The number of carbonyl (C=O) groups excluding carboxylic acids is 1. The molecule has 0 spiro atoms. The second-order valence-corrected chi connectivity index (χ2v) is 3.75. The van der Waals surface area contributed by atoms with Crippen molar-refractivity contribution in [2.45, 2.75) is 25.2 Å². The lowest BCUT2D eigenvalue weighted by molar-refractivity contribution is 0.112. The Bertz CT molecular complexity index is 265. The van der Waals surface area contributed by atoms with Crippen LogP contribution >= 0.6 is 11.3 Å². The monoisotopic (exact) mass is 167 g/mol. The van der Waals surface area contributed by atoms with E-state index in [1.54, 1.807) is 0 Å². The summed E-state index contributed by atoms with van der Waals surface area (Å²) in [4.78, 5) is 14.5. The molecule has 0 unspecified atom stereocenters. The largest absolute Gasteiger partial charge is 0.295 e. The first kappa shape index (κ1) is 6.98. The van der Waals surface area contributed by atoms with Crippen molar-refractivity contribution in [2.24, 2.45) is 0 Å². The molecule has 0 saturated heterocycles. The molecule has 0 radical (unpaired) electrons. The van der Waals surface area contributed by atoms with Crippen LogP contribution in [0.15, 0.2) is 5.38 Å². The Labute approximate surface area is 69.3 Å². The fourth-order valence-corrected chi connectivity index (χ4v) is 1.95. The van der Waals surface area contributed by atoms with Gasteiger partial charge in [0.1, 0.15) is 0 Å². The molecule has 0 aliphatic heterocycles. The highest BCUT2D eigenvalue weighted by Gasteiger charge is 2.21. The molecule has 0 N–H and O–H groups in total. The molecule has 1 aromatic rings. The zero-order valence-corrected chi connectivity index (χ0v) is 6.93. The smallest absolute Gasteiger partial charge is 0.178 e. The SMILES string of the molecule is O=Cc1nc(C2CCC2)cs1. The summed E-state index contributed by atoms with van der Waals surface area (Å²) in [5.41, 5.74) is 1.13. The number of hydrogen-bond acceptors (Lipinski definition) is 3. The minimum Gasteiger partial charge on any atom is -0.295 e. The van der Waals surface area contributed by atoms with Gasteiger partial charge >= 0.3 is 0 Å². The van der Waals surface area contributed by atoms with Gasteiger partial charge in [-0.2, -0.15) is 0 Å². The molecule has 1 aliphatic carbocycles. The summed E-state index contributed by atoms with van der Waals surface area (Å²) in [6.07, 6.45) is 4.65. The maximum absolute atomic E-state index is 10.3. The maximum Gasteiger partial charge on any atom is 0.178 e. The Kier molecular flexibility index (Phi) is 1.74. The fourth-order valence-electron chi connectivity index (χ4n) is 1.25. The van der Waals surface area contributed by atoms with Crippen molar-refractivity contribution in [3.8, 4) is 0 Å². The van der Waals surface area contributed by atoms with Gasteiger partial charge in [0.05, 0.1) is 5.69 Å². The van der Waals surface area contributed by atoms with Gasteiger partial charge in [-0.05, 0) is 12.8 Å². The molecule has 58 valence electrons. The number of aromatic nitrogens is 1. The van der Waals surface area contributed by atoms with Crippen LogP contribution in [0.4, 0.5) is 0 Å². The molecule has 3 heteroatoms. The van der Waals surface area contributed by atoms with Gasteiger partial charge < -0.3 is 0 Å². The van der Waals surface area contributed by atoms with Gasteiger partial charge in [0.2, 0.25) is 0 Å². The van der Waals surface area contributed by atoms with E-state index in [1.165, 1.54) is 30.6 Å². The molecule has 1 aromatic heterocycles. The Morgan fingerprint density at radius 3 is 2.91 bits per heavy atom. The van der Waals surface area contributed by atoms with E-state index in [-0.39, 0.29) is 0 Å². The van der Waals surface area contributed by atoms with Gasteiger partial charge in [0.15, 0.2) is 11.3 Å². The van der Waals surface area contributed by atoms with Crippen LogP contribution in [0.25, 0.3) is 0 Å². The molecule has 0 amide bonds. The normalized spacial score (nSPS) is 17.8. The minimum atomic E-state index is 0.618. The van der Waals surface area contributed by atoms with E-state index in [1.807, 2.05) is 5.38 Å². The Morgan fingerprint density at radius 1 is 1.64 bits per heavy atom. The highest BCUT2D eigenvalue weighted by molar-refractivity contribution is 7.11. The molecular weight excluding hydrogens is 158 g/mol. The van der Waals surface area contributed by atoms with Crippen molar-refractivity contribution >= 4 is 17.6 Å². The average Bonchev–Trinajstić information content (AvgIpc) is 2.32. The molecular formula is C8H9NOS. The number of rotatable bonds is 2. The lowest BCUT2D eigenvalue weighted by atomic mass is 9.83. The Balaban J connectivity index is 2.17. The summed E-state index contributed by atoms with van der Waals surface area (Å²) >= 11 is 1.45. The van der Waals surface area contributed by atoms with Gasteiger partial charge in [-0.3, -0.25) is 4.79 Å². The molecule has 1 aliphatic rings. The molecule has 11 heavy (non-hydrogen) atoms. The lowest BCUT2D eigenvalue weighted by Gasteiger charge is -2.22. The zero-order valence-electron chi connectivity index (χ0n) is 6.12. The quantitative estimate of drug-likeness (QED) is 0.632. The number of aldehydes is 1. The van der Waals surface area contributed by atoms with Crippen LogP contribution in [-0.4, -0.2) is 11.3 Å². The number of carbonyl (C=O) groups is 1. The summed E-state index contributed by atoms with van der Waals surface area (Å²) in [6, 6.07) is 0. The number of thiazole rings is 1. The lowest BCUT2D eigenvalue weighted by Crippen LogP contribution is -2.08. The molecule has 0 bridgehead atoms. The van der Waals surface area contributed by atoms with Gasteiger partial charge in [0.25, 0.3) is 0 Å². The molecule has 1 fully saturated rings. The van der Waals surface area contributed by atoms with Crippen molar-refractivity contribution in [1.82, 2.24) is 4.98 Å². The standard InChI is InChI=1S/C8H9NOS/c10-4-8-9-7(5-11-8)6-2-1-3-6/h4-6H,1-3H2. The van der Waals surface area contributed by atoms with Crippen molar-refractivity contribution in [3.63, 3.8) is 0 Å². The predicted molar refractivity (Wildman–Crippen MR) is 44.1 cm³/mol. The second-order valence-electron chi connectivity index (χ2n) is 2.86. The highest BCUT2D eigenvalue weighted by atomic mass is 32.1. The summed E-state index contributed by atoms with van der Waals surface area (Å²) < 4.78 is 0. The van der Waals surface area contributed by atoms with Crippen LogP contribution in [-0.2, 0) is 0 Å². The predicted octanol–water partition coefficient (Wildman–Crippen LogP) is 2.22. The maximum atomic E-state index is 10.3.